The molecule has 0 aliphatic rings. The zero-order valence-corrected chi connectivity index (χ0v) is 12.4. The number of nitrogens with one attached hydrogen (secondary N) is 1. The van der Waals surface area contributed by atoms with E-state index in [1.54, 1.807) is 0 Å². The Morgan fingerprint density at radius 1 is 1.24 bits per heavy atom. The normalized spacial score (nSPS) is 12.7. The summed E-state index contributed by atoms with van der Waals surface area (Å²) in [7, 11) is 0. The van der Waals surface area contributed by atoms with E-state index >= 15 is 0 Å². The van der Waals surface area contributed by atoms with Gasteiger partial charge in [0.15, 0.2) is 0 Å². The zero-order valence-electron chi connectivity index (χ0n) is 11.5. The lowest BCUT2D eigenvalue weighted by Gasteiger charge is -2.21. The highest BCUT2D eigenvalue weighted by atomic mass is 32.2. The molecule has 0 saturated heterocycles. The van der Waals surface area contributed by atoms with Crippen LogP contribution in [-0.4, -0.2) is 18.1 Å². The summed E-state index contributed by atoms with van der Waals surface area (Å²) >= 11 is 2.01. The molecule has 2 heteroatoms. The first kappa shape index (κ1) is 14.6. The van der Waals surface area contributed by atoms with Gasteiger partial charge in [-0.1, -0.05) is 37.6 Å². The van der Waals surface area contributed by atoms with E-state index in [0.717, 1.165) is 6.54 Å². The zero-order chi connectivity index (χ0) is 12.7. The first-order chi connectivity index (χ1) is 8.19. The Hall–Kier alpha value is -0.470. The van der Waals surface area contributed by atoms with Crippen molar-refractivity contribution < 1.29 is 0 Å². The van der Waals surface area contributed by atoms with E-state index in [1.165, 1.54) is 34.6 Å². The maximum atomic E-state index is 3.67. The second-order valence-electron chi connectivity index (χ2n) is 4.53. The fraction of sp³-hybridized carbons (Fsp3) is 0.600. The van der Waals surface area contributed by atoms with Crippen LogP contribution in [-0.2, 0) is 0 Å². The van der Waals surface area contributed by atoms with Crippen LogP contribution in [0.25, 0.3) is 0 Å². The van der Waals surface area contributed by atoms with Crippen LogP contribution in [0.15, 0.2) is 18.2 Å². The maximum absolute atomic E-state index is 3.67. The van der Waals surface area contributed by atoms with Crippen molar-refractivity contribution in [2.75, 3.05) is 18.1 Å². The standard InChI is InChI=1S/C15H25NS/c1-5-9-16-15(11-17-6-2)14-10-12(3)7-8-13(14)4/h7-8,10,15-16H,5-6,9,11H2,1-4H3. The lowest BCUT2D eigenvalue weighted by atomic mass is 10.00. The summed E-state index contributed by atoms with van der Waals surface area (Å²) in [6.45, 7) is 9.94. The van der Waals surface area contributed by atoms with Crippen molar-refractivity contribution in [3.8, 4) is 0 Å². The van der Waals surface area contributed by atoms with Crippen LogP contribution in [0.2, 0.25) is 0 Å². The molecule has 17 heavy (non-hydrogen) atoms. The minimum absolute atomic E-state index is 0.500. The van der Waals surface area contributed by atoms with Gasteiger partial charge in [0.25, 0.3) is 0 Å². The van der Waals surface area contributed by atoms with Gasteiger partial charge < -0.3 is 5.32 Å². The van der Waals surface area contributed by atoms with Gasteiger partial charge in [0.2, 0.25) is 0 Å². The Balaban J connectivity index is 2.82. The maximum Gasteiger partial charge on any atom is 0.0414 e. The number of hydrogen-bond acceptors (Lipinski definition) is 2. The summed E-state index contributed by atoms with van der Waals surface area (Å²) in [5.74, 6) is 2.36. The van der Waals surface area contributed by atoms with E-state index in [0.29, 0.717) is 6.04 Å². The van der Waals surface area contributed by atoms with Crippen LogP contribution in [0.5, 0.6) is 0 Å². The van der Waals surface area contributed by atoms with Crippen LogP contribution in [0.3, 0.4) is 0 Å². The molecule has 0 heterocycles. The van der Waals surface area contributed by atoms with Gasteiger partial charge in [-0.05, 0) is 43.7 Å². The molecule has 0 bridgehead atoms. The summed E-state index contributed by atoms with van der Waals surface area (Å²) < 4.78 is 0. The molecule has 1 rings (SSSR count). The molecule has 0 aliphatic heterocycles. The van der Waals surface area contributed by atoms with Crippen molar-refractivity contribution in [1.29, 1.82) is 0 Å². The van der Waals surface area contributed by atoms with Crippen molar-refractivity contribution >= 4 is 11.8 Å². The highest BCUT2D eigenvalue weighted by molar-refractivity contribution is 7.99. The molecule has 0 aliphatic carbocycles. The van der Waals surface area contributed by atoms with Gasteiger partial charge in [0.1, 0.15) is 0 Å². The van der Waals surface area contributed by atoms with E-state index in [-0.39, 0.29) is 0 Å². The summed E-state index contributed by atoms with van der Waals surface area (Å²) in [6, 6.07) is 7.27. The summed E-state index contributed by atoms with van der Waals surface area (Å²) in [6.07, 6.45) is 1.19. The molecule has 0 amide bonds. The average Bonchev–Trinajstić information content (AvgIpc) is 2.33. The molecule has 1 aromatic carbocycles. The Bertz CT molecular complexity index is 328. The third-order valence-electron chi connectivity index (χ3n) is 2.94. The first-order valence-corrected chi connectivity index (χ1v) is 7.72. The third kappa shape index (κ3) is 4.72. The van der Waals surface area contributed by atoms with Crippen LogP contribution in [0.4, 0.5) is 0 Å². The van der Waals surface area contributed by atoms with E-state index in [4.69, 9.17) is 0 Å². The lowest BCUT2D eigenvalue weighted by Crippen LogP contribution is -2.25. The number of benzene rings is 1. The highest BCUT2D eigenvalue weighted by Gasteiger charge is 2.12. The van der Waals surface area contributed by atoms with E-state index in [1.807, 2.05) is 11.8 Å². The van der Waals surface area contributed by atoms with Gasteiger partial charge in [0, 0.05) is 11.8 Å². The molecule has 1 aromatic rings. The molecule has 1 N–H and O–H groups in total. The molecule has 1 atom stereocenters. The fourth-order valence-corrected chi connectivity index (χ4v) is 2.72. The van der Waals surface area contributed by atoms with E-state index < -0.39 is 0 Å². The SMILES string of the molecule is CCCNC(CSCC)c1cc(C)ccc1C. The summed E-state index contributed by atoms with van der Waals surface area (Å²) in [5, 5.41) is 3.67. The Kier molecular flexibility index (Phi) is 6.68. The molecule has 0 fully saturated rings. The fourth-order valence-electron chi connectivity index (χ4n) is 1.95. The van der Waals surface area contributed by atoms with Crippen LogP contribution in [0, 0.1) is 13.8 Å². The van der Waals surface area contributed by atoms with Gasteiger partial charge in [-0.15, -0.1) is 0 Å². The quantitative estimate of drug-likeness (QED) is 0.783. The minimum Gasteiger partial charge on any atom is -0.309 e. The molecule has 0 radical (unpaired) electrons. The minimum atomic E-state index is 0.500. The largest absolute Gasteiger partial charge is 0.309 e. The number of hydrogen-bond donors (Lipinski definition) is 1. The molecule has 0 spiro atoms. The Morgan fingerprint density at radius 3 is 2.65 bits per heavy atom. The number of thioether (sulfide) groups is 1. The van der Waals surface area contributed by atoms with Gasteiger partial charge >= 0.3 is 0 Å². The smallest absolute Gasteiger partial charge is 0.0414 e. The second-order valence-corrected chi connectivity index (χ2v) is 5.85. The molecule has 0 aromatic heterocycles. The predicted octanol–water partition coefficient (Wildman–Crippen LogP) is 4.10. The van der Waals surface area contributed by atoms with Crippen LogP contribution < -0.4 is 5.32 Å². The van der Waals surface area contributed by atoms with Crippen molar-refractivity contribution in [3.05, 3.63) is 34.9 Å². The molecule has 1 unspecified atom stereocenters. The Morgan fingerprint density at radius 2 is 2.00 bits per heavy atom. The summed E-state index contributed by atoms with van der Waals surface area (Å²) in [5.41, 5.74) is 4.23. The average molecular weight is 251 g/mol. The monoisotopic (exact) mass is 251 g/mol. The summed E-state index contributed by atoms with van der Waals surface area (Å²) in [4.78, 5) is 0. The molecule has 1 nitrogen and oxygen atoms in total. The molecular weight excluding hydrogens is 226 g/mol. The third-order valence-corrected chi connectivity index (χ3v) is 3.92. The number of aryl methyl sites for hydroxylation is 2. The topological polar surface area (TPSA) is 12.0 Å². The molecular formula is C15H25NS. The predicted molar refractivity (Wildman–Crippen MR) is 79.9 cm³/mol. The highest BCUT2D eigenvalue weighted by Crippen LogP contribution is 2.23. The van der Waals surface area contributed by atoms with E-state index in [2.05, 4.69) is 51.2 Å². The number of rotatable bonds is 7. The van der Waals surface area contributed by atoms with Crippen molar-refractivity contribution in [1.82, 2.24) is 5.32 Å². The van der Waals surface area contributed by atoms with Gasteiger partial charge in [-0.3, -0.25) is 0 Å². The van der Waals surface area contributed by atoms with Crippen molar-refractivity contribution in [2.45, 2.75) is 40.2 Å². The second kappa shape index (κ2) is 7.78. The van der Waals surface area contributed by atoms with Crippen LogP contribution in [0.1, 0.15) is 43.0 Å². The first-order valence-electron chi connectivity index (χ1n) is 6.57. The van der Waals surface area contributed by atoms with Gasteiger partial charge in [0.05, 0.1) is 0 Å². The lowest BCUT2D eigenvalue weighted by molar-refractivity contribution is 0.575. The van der Waals surface area contributed by atoms with E-state index in [9.17, 15) is 0 Å². The van der Waals surface area contributed by atoms with Gasteiger partial charge in [-0.25, -0.2) is 0 Å². The van der Waals surface area contributed by atoms with Gasteiger partial charge in [-0.2, -0.15) is 11.8 Å². The van der Waals surface area contributed by atoms with Crippen molar-refractivity contribution in [2.24, 2.45) is 0 Å². The Labute approximate surface area is 110 Å². The van der Waals surface area contributed by atoms with Crippen molar-refractivity contribution in [3.63, 3.8) is 0 Å². The molecule has 0 saturated carbocycles. The molecule has 96 valence electrons. The van der Waals surface area contributed by atoms with Crippen LogP contribution >= 0.6 is 11.8 Å².